The maximum Gasteiger partial charge on any atom is 0.339 e. The highest BCUT2D eigenvalue weighted by Crippen LogP contribution is 2.40. The molecule has 0 radical (unpaired) electrons. The van der Waals surface area contributed by atoms with Crippen molar-refractivity contribution in [2.24, 2.45) is 0 Å². The smallest absolute Gasteiger partial charge is 0.339 e. The zero-order valence-corrected chi connectivity index (χ0v) is 17.8. The molecule has 0 unspecified atom stereocenters. The number of halogens is 1. The molecule has 3 aromatic rings. The number of esters is 2. The Morgan fingerprint density at radius 3 is 2.10 bits per heavy atom. The summed E-state index contributed by atoms with van der Waals surface area (Å²) in [7, 11) is 5.55. The van der Waals surface area contributed by atoms with Crippen LogP contribution in [0.15, 0.2) is 41.1 Å². The van der Waals surface area contributed by atoms with E-state index in [0.717, 1.165) is 0 Å². The van der Waals surface area contributed by atoms with Gasteiger partial charge in [0.15, 0.2) is 11.5 Å². The van der Waals surface area contributed by atoms with Crippen LogP contribution in [0.2, 0.25) is 0 Å². The van der Waals surface area contributed by atoms with Crippen molar-refractivity contribution in [2.45, 2.75) is 0 Å². The SMILES string of the molecule is COC(=O)c1cc2cc(OC)c(OC)cc2c(-c2ccc(Br)nc2)c1C(=O)OC. The van der Waals surface area contributed by atoms with Gasteiger partial charge in [-0.1, -0.05) is 6.07 Å². The van der Waals surface area contributed by atoms with Gasteiger partial charge in [0.2, 0.25) is 0 Å². The van der Waals surface area contributed by atoms with Crippen LogP contribution in [0.3, 0.4) is 0 Å². The van der Waals surface area contributed by atoms with Gasteiger partial charge in [0.25, 0.3) is 0 Å². The molecule has 0 aliphatic rings. The van der Waals surface area contributed by atoms with E-state index in [9.17, 15) is 9.59 Å². The summed E-state index contributed by atoms with van der Waals surface area (Å²) in [5.41, 5.74) is 1.27. The van der Waals surface area contributed by atoms with E-state index in [-0.39, 0.29) is 11.1 Å². The van der Waals surface area contributed by atoms with Gasteiger partial charge < -0.3 is 18.9 Å². The highest BCUT2D eigenvalue weighted by molar-refractivity contribution is 9.10. The van der Waals surface area contributed by atoms with E-state index in [0.29, 0.717) is 38.0 Å². The molecule has 0 aliphatic heterocycles. The number of aromatic nitrogens is 1. The van der Waals surface area contributed by atoms with Crippen molar-refractivity contribution >= 4 is 38.6 Å². The lowest BCUT2D eigenvalue weighted by molar-refractivity contribution is 0.0556. The minimum absolute atomic E-state index is 0.0805. The third-order valence-corrected chi connectivity index (χ3v) is 4.92. The molecule has 0 saturated carbocycles. The van der Waals surface area contributed by atoms with E-state index in [1.165, 1.54) is 28.4 Å². The number of pyridine rings is 1. The van der Waals surface area contributed by atoms with Gasteiger partial charge in [0, 0.05) is 17.3 Å². The predicted molar refractivity (Wildman–Crippen MR) is 111 cm³/mol. The third-order valence-electron chi connectivity index (χ3n) is 4.46. The molecule has 0 spiro atoms. The van der Waals surface area contributed by atoms with Crippen LogP contribution in [0, 0.1) is 0 Å². The van der Waals surface area contributed by atoms with Crippen molar-refractivity contribution in [3.05, 3.63) is 52.3 Å². The lowest BCUT2D eigenvalue weighted by atomic mass is 9.90. The van der Waals surface area contributed by atoms with Gasteiger partial charge in [-0.05, 0) is 51.0 Å². The van der Waals surface area contributed by atoms with Gasteiger partial charge in [-0.25, -0.2) is 14.6 Å². The van der Waals surface area contributed by atoms with Gasteiger partial charge >= 0.3 is 11.9 Å². The van der Waals surface area contributed by atoms with Crippen LogP contribution < -0.4 is 9.47 Å². The van der Waals surface area contributed by atoms with Crippen molar-refractivity contribution in [3.8, 4) is 22.6 Å². The fourth-order valence-corrected chi connectivity index (χ4v) is 3.37. The molecule has 0 bridgehead atoms. The summed E-state index contributed by atoms with van der Waals surface area (Å²) in [6.07, 6.45) is 1.60. The van der Waals surface area contributed by atoms with E-state index in [1.54, 1.807) is 36.5 Å². The molecule has 150 valence electrons. The van der Waals surface area contributed by atoms with Crippen LogP contribution in [0.25, 0.3) is 21.9 Å². The Morgan fingerprint density at radius 2 is 1.55 bits per heavy atom. The molecule has 1 aromatic heterocycles. The molecule has 0 amide bonds. The largest absolute Gasteiger partial charge is 0.493 e. The van der Waals surface area contributed by atoms with E-state index >= 15 is 0 Å². The number of fused-ring (bicyclic) bond motifs is 1. The minimum atomic E-state index is -0.667. The molecule has 2 aromatic carbocycles. The van der Waals surface area contributed by atoms with Crippen LogP contribution in [-0.2, 0) is 9.47 Å². The summed E-state index contributed by atoms with van der Waals surface area (Å²) in [5, 5.41) is 1.33. The quantitative estimate of drug-likeness (QED) is 0.416. The Morgan fingerprint density at radius 1 is 0.897 bits per heavy atom. The van der Waals surface area contributed by atoms with Crippen molar-refractivity contribution in [1.29, 1.82) is 0 Å². The number of hydrogen-bond donors (Lipinski definition) is 0. The van der Waals surface area contributed by atoms with E-state index in [1.807, 2.05) is 0 Å². The normalized spacial score (nSPS) is 10.5. The number of rotatable bonds is 5. The molecule has 7 nitrogen and oxygen atoms in total. The monoisotopic (exact) mass is 459 g/mol. The van der Waals surface area contributed by atoms with Crippen LogP contribution >= 0.6 is 15.9 Å². The lowest BCUT2D eigenvalue weighted by Gasteiger charge is -2.17. The van der Waals surface area contributed by atoms with Gasteiger partial charge in [-0.15, -0.1) is 0 Å². The summed E-state index contributed by atoms with van der Waals surface area (Å²) in [5.74, 6) is -0.358. The summed E-state index contributed by atoms with van der Waals surface area (Å²) >= 11 is 3.31. The van der Waals surface area contributed by atoms with Crippen molar-refractivity contribution < 1.29 is 28.5 Å². The predicted octanol–water partition coefficient (Wildman–Crippen LogP) is 4.25. The number of methoxy groups -OCH3 is 4. The number of benzene rings is 2. The number of hydrogen-bond acceptors (Lipinski definition) is 7. The van der Waals surface area contributed by atoms with E-state index in [4.69, 9.17) is 18.9 Å². The molecule has 8 heteroatoms. The Bertz CT molecular complexity index is 1090. The van der Waals surface area contributed by atoms with Crippen molar-refractivity contribution in [3.63, 3.8) is 0 Å². The first-order chi connectivity index (χ1) is 13.9. The maximum absolute atomic E-state index is 12.7. The first kappa shape index (κ1) is 20.6. The second-order valence-electron chi connectivity index (χ2n) is 5.96. The average molecular weight is 460 g/mol. The molecular weight excluding hydrogens is 442 g/mol. The van der Waals surface area contributed by atoms with Crippen molar-refractivity contribution in [2.75, 3.05) is 28.4 Å². The Balaban J connectivity index is 2.53. The second-order valence-corrected chi connectivity index (χ2v) is 6.77. The standard InChI is InChI=1S/C21H18BrNO6/c1-26-15-8-12-7-14(20(24)28-3)19(21(25)29-4)18(13(12)9-16(15)27-2)11-5-6-17(22)23-10-11/h5-10H,1-4H3. The van der Waals surface area contributed by atoms with Crippen molar-refractivity contribution in [1.82, 2.24) is 4.98 Å². The van der Waals surface area contributed by atoms with Gasteiger partial charge in [0.05, 0.1) is 39.6 Å². The fourth-order valence-electron chi connectivity index (χ4n) is 3.14. The summed E-state index contributed by atoms with van der Waals surface area (Å²) in [4.78, 5) is 29.5. The highest BCUT2D eigenvalue weighted by Gasteiger charge is 2.27. The lowest BCUT2D eigenvalue weighted by Crippen LogP contribution is -2.14. The minimum Gasteiger partial charge on any atom is -0.493 e. The molecule has 0 N–H and O–H groups in total. The number of carbonyl (C=O) groups excluding carboxylic acids is 2. The van der Waals surface area contributed by atoms with E-state index in [2.05, 4.69) is 20.9 Å². The summed E-state index contributed by atoms with van der Waals surface area (Å²) in [6.45, 7) is 0. The molecule has 0 aliphatic carbocycles. The van der Waals surface area contributed by atoms with Gasteiger partial charge in [0.1, 0.15) is 4.60 Å². The Labute approximate surface area is 175 Å². The molecule has 0 atom stereocenters. The number of nitrogens with zero attached hydrogens (tertiary/aromatic N) is 1. The molecular formula is C21H18BrNO6. The third kappa shape index (κ3) is 3.75. The fraction of sp³-hybridized carbons (Fsp3) is 0.190. The molecule has 0 fully saturated rings. The average Bonchev–Trinajstić information content (AvgIpc) is 2.76. The molecule has 3 rings (SSSR count). The maximum atomic E-state index is 12.7. The van der Waals surface area contributed by atoms with Crippen LogP contribution in [-0.4, -0.2) is 45.4 Å². The zero-order chi connectivity index (χ0) is 21.1. The first-order valence-electron chi connectivity index (χ1n) is 8.46. The molecule has 29 heavy (non-hydrogen) atoms. The number of carbonyl (C=O) groups is 2. The van der Waals surface area contributed by atoms with Crippen LogP contribution in [0.1, 0.15) is 20.7 Å². The van der Waals surface area contributed by atoms with E-state index < -0.39 is 11.9 Å². The highest BCUT2D eigenvalue weighted by atomic mass is 79.9. The second kappa shape index (κ2) is 8.48. The van der Waals surface area contributed by atoms with Gasteiger partial charge in [-0.3, -0.25) is 0 Å². The summed E-state index contributed by atoms with van der Waals surface area (Å²) < 4.78 is 21.3. The molecule has 0 saturated heterocycles. The number of ether oxygens (including phenoxy) is 4. The van der Waals surface area contributed by atoms with Crippen LogP contribution in [0.4, 0.5) is 0 Å². The summed E-state index contributed by atoms with van der Waals surface area (Å²) in [6, 6.07) is 8.59. The molecule has 1 heterocycles. The Kier molecular flexibility index (Phi) is 6.03. The topological polar surface area (TPSA) is 84.0 Å². The van der Waals surface area contributed by atoms with Crippen LogP contribution in [0.5, 0.6) is 11.5 Å². The Hall–Kier alpha value is -3.13. The first-order valence-corrected chi connectivity index (χ1v) is 9.25. The zero-order valence-electron chi connectivity index (χ0n) is 16.2. The van der Waals surface area contributed by atoms with Gasteiger partial charge in [-0.2, -0.15) is 0 Å².